The molecule has 6 nitrogen and oxygen atoms in total. The van der Waals surface area contributed by atoms with Gasteiger partial charge in [0.25, 0.3) is 0 Å². The highest BCUT2D eigenvalue weighted by molar-refractivity contribution is 9.10. The zero-order valence-corrected chi connectivity index (χ0v) is 14.4. The van der Waals surface area contributed by atoms with Crippen LogP contribution in [0.1, 0.15) is 12.6 Å². The van der Waals surface area contributed by atoms with E-state index < -0.39 is 0 Å². The smallest absolute Gasteiger partial charge is 0.224 e. The van der Waals surface area contributed by atoms with Gasteiger partial charge in [-0.05, 0) is 41.9 Å². The molecule has 1 N–H and O–H groups in total. The Morgan fingerprint density at radius 2 is 2.09 bits per heavy atom. The number of halogens is 1. The molecule has 0 saturated heterocycles. The highest BCUT2D eigenvalue weighted by Gasteiger charge is 2.08. The van der Waals surface area contributed by atoms with Gasteiger partial charge in [-0.1, -0.05) is 12.1 Å². The van der Waals surface area contributed by atoms with Crippen molar-refractivity contribution in [2.45, 2.75) is 20.4 Å². The first-order valence-corrected chi connectivity index (χ1v) is 8.00. The van der Waals surface area contributed by atoms with E-state index in [1.165, 1.54) is 6.33 Å². The van der Waals surface area contributed by atoms with Crippen LogP contribution < -0.4 is 10.1 Å². The minimum Gasteiger partial charge on any atom is -0.438 e. The quantitative estimate of drug-likeness (QED) is 0.721. The van der Waals surface area contributed by atoms with Gasteiger partial charge in [-0.25, -0.2) is 9.97 Å². The zero-order chi connectivity index (χ0) is 16.2. The Balaban J connectivity index is 1.80. The molecule has 0 amide bonds. The van der Waals surface area contributed by atoms with Gasteiger partial charge in [0.2, 0.25) is 5.88 Å². The number of nitrogens with zero attached hydrogens (tertiary/aromatic N) is 4. The number of para-hydroxylation sites is 1. The molecule has 0 aliphatic rings. The minimum atomic E-state index is 0.468. The number of benzene rings is 1. The zero-order valence-electron chi connectivity index (χ0n) is 12.8. The summed E-state index contributed by atoms with van der Waals surface area (Å²) in [6.45, 7) is 4.89. The fourth-order valence-corrected chi connectivity index (χ4v) is 2.50. The molecule has 0 unspecified atom stereocenters. The summed E-state index contributed by atoms with van der Waals surface area (Å²) in [4.78, 5) is 8.37. The number of ether oxygens (including phenoxy) is 1. The van der Waals surface area contributed by atoms with E-state index in [9.17, 15) is 0 Å². The van der Waals surface area contributed by atoms with Crippen molar-refractivity contribution >= 4 is 27.4 Å². The Kier molecular flexibility index (Phi) is 4.57. The van der Waals surface area contributed by atoms with Crippen LogP contribution in [0.3, 0.4) is 0 Å². The minimum absolute atomic E-state index is 0.468. The van der Waals surface area contributed by atoms with Crippen molar-refractivity contribution in [2.24, 2.45) is 0 Å². The van der Waals surface area contributed by atoms with Gasteiger partial charge < -0.3 is 10.1 Å². The molecular formula is C16H16BrN5O. The van der Waals surface area contributed by atoms with Gasteiger partial charge in [0.05, 0.1) is 22.1 Å². The van der Waals surface area contributed by atoms with E-state index in [0.717, 1.165) is 22.4 Å². The molecule has 0 spiro atoms. The lowest BCUT2D eigenvalue weighted by Gasteiger charge is -2.09. The second kappa shape index (κ2) is 6.78. The summed E-state index contributed by atoms with van der Waals surface area (Å²) in [5, 5.41) is 7.55. The molecule has 118 valence electrons. The van der Waals surface area contributed by atoms with Crippen molar-refractivity contribution in [3.8, 4) is 11.6 Å². The van der Waals surface area contributed by atoms with E-state index in [2.05, 4.69) is 43.2 Å². The molecule has 2 heterocycles. The van der Waals surface area contributed by atoms with Crippen LogP contribution in [0.25, 0.3) is 0 Å². The first-order chi connectivity index (χ1) is 11.2. The largest absolute Gasteiger partial charge is 0.438 e. The Bertz CT molecular complexity index is 818. The second-order valence-electron chi connectivity index (χ2n) is 4.86. The van der Waals surface area contributed by atoms with Crippen molar-refractivity contribution in [1.29, 1.82) is 0 Å². The average Bonchev–Trinajstić information content (AvgIpc) is 2.90. The van der Waals surface area contributed by atoms with Gasteiger partial charge in [-0.2, -0.15) is 5.10 Å². The van der Waals surface area contributed by atoms with Crippen molar-refractivity contribution in [3.63, 3.8) is 0 Å². The van der Waals surface area contributed by atoms with E-state index >= 15 is 0 Å². The summed E-state index contributed by atoms with van der Waals surface area (Å²) in [7, 11) is 0. The number of rotatable bonds is 5. The van der Waals surface area contributed by atoms with Gasteiger partial charge in [0, 0.05) is 12.6 Å². The third-order valence-electron chi connectivity index (χ3n) is 3.36. The maximum atomic E-state index is 5.79. The van der Waals surface area contributed by atoms with Crippen LogP contribution in [0.15, 0.2) is 47.3 Å². The Hall–Kier alpha value is -2.41. The summed E-state index contributed by atoms with van der Waals surface area (Å²) >= 11 is 3.45. The molecule has 0 aliphatic carbocycles. The third kappa shape index (κ3) is 3.50. The predicted molar refractivity (Wildman–Crippen MR) is 92.2 cm³/mol. The first kappa shape index (κ1) is 15.5. The highest BCUT2D eigenvalue weighted by atomic mass is 79.9. The summed E-state index contributed by atoms with van der Waals surface area (Å²) in [5.74, 6) is 1.82. The van der Waals surface area contributed by atoms with Crippen LogP contribution in [0.5, 0.6) is 11.6 Å². The topological polar surface area (TPSA) is 64.9 Å². The van der Waals surface area contributed by atoms with Gasteiger partial charge in [-0.15, -0.1) is 0 Å². The van der Waals surface area contributed by atoms with Crippen molar-refractivity contribution in [2.75, 3.05) is 5.32 Å². The lowest BCUT2D eigenvalue weighted by Crippen LogP contribution is -2.00. The molecule has 0 atom stereocenters. The standard InChI is InChI=1S/C16H16BrN5O/c1-3-22-11(2)13(9-20-22)21-15-8-16(19-10-18-15)23-14-7-5-4-6-12(14)17/h4-10H,3H2,1-2H3,(H,18,19,21). The number of aryl methyl sites for hydroxylation is 1. The maximum absolute atomic E-state index is 5.79. The number of nitrogens with one attached hydrogen (secondary N) is 1. The van der Waals surface area contributed by atoms with Crippen LogP contribution in [0.4, 0.5) is 11.5 Å². The molecule has 0 aliphatic heterocycles. The molecule has 3 rings (SSSR count). The number of aromatic nitrogens is 4. The highest BCUT2D eigenvalue weighted by Crippen LogP contribution is 2.29. The molecule has 0 radical (unpaired) electrons. The molecule has 0 fully saturated rings. The third-order valence-corrected chi connectivity index (χ3v) is 4.01. The van der Waals surface area contributed by atoms with Gasteiger partial charge in [-0.3, -0.25) is 4.68 Å². The van der Waals surface area contributed by atoms with Crippen LogP contribution in [-0.4, -0.2) is 19.7 Å². The van der Waals surface area contributed by atoms with E-state index in [0.29, 0.717) is 17.4 Å². The van der Waals surface area contributed by atoms with E-state index in [1.807, 2.05) is 35.9 Å². The normalized spacial score (nSPS) is 10.6. The fourth-order valence-electron chi connectivity index (χ4n) is 2.13. The monoisotopic (exact) mass is 373 g/mol. The van der Waals surface area contributed by atoms with Gasteiger partial charge >= 0.3 is 0 Å². The van der Waals surface area contributed by atoms with Crippen LogP contribution in [0.2, 0.25) is 0 Å². The number of hydrogen-bond acceptors (Lipinski definition) is 5. The maximum Gasteiger partial charge on any atom is 0.224 e. The molecule has 0 bridgehead atoms. The molecule has 3 aromatic rings. The summed E-state index contributed by atoms with van der Waals surface area (Å²) < 4.78 is 8.57. The summed E-state index contributed by atoms with van der Waals surface area (Å²) in [6, 6.07) is 9.37. The SMILES string of the molecule is CCn1ncc(Nc2cc(Oc3ccccc3Br)ncn2)c1C. The van der Waals surface area contributed by atoms with Crippen molar-refractivity contribution < 1.29 is 4.74 Å². The molecule has 2 aromatic heterocycles. The predicted octanol–water partition coefficient (Wildman–Crippen LogP) is 4.30. The Morgan fingerprint density at radius 1 is 1.26 bits per heavy atom. The first-order valence-electron chi connectivity index (χ1n) is 7.21. The second-order valence-corrected chi connectivity index (χ2v) is 5.71. The number of hydrogen-bond donors (Lipinski definition) is 1. The van der Waals surface area contributed by atoms with Crippen LogP contribution in [-0.2, 0) is 6.54 Å². The fraction of sp³-hybridized carbons (Fsp3) is 0.188. The van der Waals surface area contributed by atoms with E-state index in [1.54, 1.807) is 12.3 Å². The summed E-state index contributed by atoms with van der Waals surface area (Å²) in [6.07, 6.45) is 3.25. The van der Waals surface area contributed by atoms with Crippen LogP contribution in [0, 0.1) is 6.92 Å². The molecular weight excluding hydrogens is 358 g/mol. The van der Waals surface area contributed by atoms with Crippen molar-refractivity contribution in [1.82, 2.24) is 19.7 Å². The van der Waals surface area contributed by atoms with Crippen LogP contribution >= 0.6 is 15.9 Å². The molecule has 7 heteroatoms. The molecule has 23 heavy (non-hydrogen) atoms. The van der Waals surface area contributed by atoms with E-state index in [4.69, 9.17) is 4.74 Å². The Morgan fingerprint density at radius 3 is 2.83 bits per heavy atom. The summed E-state index contributed by atoms with van der Waals surface area (Å²) in [5.41, 5.74) is 1.97. The number of anilines is 2. The average molecular weight is 374 g/mol. The van der Waals surface area contributed by atoms with Gasteiger partial charge in [0.1, 0.15) is 17.9 Å². The van der Waals surface area contributed by atoms with E-state index in [-0.39, 0.29) is 0 Å². The van der Waals surface area contributed by atoms with Crippen molar-refractivity contribution in [3.05, 3.63) is 53.0 Å². The lowest BCUT2D eigenvalue weighted by molar-refractivity contribution is 0.459. The molecule has 0 saturated carbocycles. The van der Waals surface area contributed by atoms with Gasteiger partial charge in [0.15, 0.2) is 0 Å². The molecule has 1 aromatic carbocycles. The lowest BCUT2D eigenvalue weighted by atomic mass is 10.3. The Labute approximate surface area is 142 Å².